The normalized spacial score (nSPS) is 11.1. The molecule has 1 aromatic heterocycles. The summed E-state index contributed by atoms with van der Waals surface area (Å²) in [5.74, 6) is 0.00665. The van der Waals surface area contributed by atoms with Gasteiger partial charge in [-0.1, -0.05) is 55.8 Å². The zero-order valence-electron chi connectivity index (χ0n) is 15.6. The molecule has 0 saturated carbocycles. The molecule has 0 bridgehead atoms. The molecular weight excluding hydrogens is 362 g/mol. The Kier molecular flexibility index (Phi) is 5.61. The molecule has 0 aliphatic heterocycles. The highest BCUT2D eigenvalue weighted by Gasteiger charge is 2.20. The van der Waals surface area contributed by atoms with Gasteiger partial charge in [0.05, 0.1) is 5.39 Å². The summed E-state index contributed by atoms with van der Waals surface area (Å²) in [6.07, 6.45) is 0. The Morgan fingerprint density at radius 1 is 1.15 bits per heavy atom. The Bertz CT molecular complexity index is 1040. The number of hydrogen-bond acceptors (Lipinski definition) is 3. The van der Waals surface area contributed by atoms with E-state index < -0.39 is 0 Å². The van der Waals surface area contributed by atoms with Crippen LogP contribution in [0.1, 0.15) is 29.9 Å². The van der Waals surface area contributed by atoms with Gasteiger partial charge in [0.25, 0.3) is 11.5 Å². The molecular formula is C21H22ClN3O2. The first-order valence-electron chi connectivity index (χ1n) is 8.86. The molecule has 3 aromatic rings. The average molecular weight is 384 g/mol. The summed E-state index contributed by atoms with van der Waals surface area (Å²) < 4.78 is 1.40. The van der Waals surface area contributed by atoms with Gasteiger partial charge in [-0.05, 0) is 29.7 Å². The van der Waals surface area contributed by atoms with Gasteiger partial charge in [0.1, 0.15) is 0 Å². The number of halogens is 1. The molecule has 1 amide bonds. The number of carbonyl (C=O) groups is 1. The fourth-order valence-corrected chi connectivity index (χ4v) is 3.24. The van der Waals surface area contributed by atoms with Crippen molar-refractivity contribution in [1.29, 1.82) is 0 Å². The van der Waals surface area contributed by atoms with E-state index in [0.717, 1.165) is 5.56 Å². The van der Waals surface area contributed by atoms with Gasteiger partial charge in [0.15, 0.2) is 5.69 Å². The lowest BCUT2D eigenvalue weighted by Crippen LogP contribution is -2.32. The van der Waals surface area contributed by atoms with Crippen molar-refractivity contribution >= 4 is 28.3 Å². The highest BCUT2D eigenvalue weighted by molar-refractivity contribution is 6.30. The Balaban J connectivity index is 2.02. The summed E-state index contributed by atoms with van der Waals surface area (Å²) in [4.78, 5) is 27.4. The SMILES string of the molecule is CC(C)Cn1nc(C(=O)N(C)Cc2cccc(Cl)c2)c2ccccc2c1=O. The van der Waals surface area contributed by atoms with E-state index in [1.54, 1.807) is 36.2 Å². The van der Waals surface area contributed by atoms with E-state index in [1.165, 1.54) is 4.68 Å². The number of carbonyl (C=O) groups excluding carboxylic acids is 1. The number of hydrogen-bond donors (Lipinski definition) is 0. The lowest BCUT2D eigenvalue weighted by Gasteiger charge is -2.19. The second-order valence-corrected chi connectivity index (χ2v) is 7.50. The molecule has 2 aromatic carbocycles. The molecule has 5 nitrogen and oxygen atoms in total. The molecule has 0 N–H and O–H groups in total. The molecule has 0 radical (unpaired) electrons. The third-order valence-corrected chi connectivity index (χ3v) is 4.50. The fraction of sp³-hybridized carbons (Fsp3) is 0.286. The zero-order chi connectivity index (χ0) is 19.6. The number of benzene rings is 2. The van der Waals surface area contributed by atoms with Crippen LogP contribution in [0.15, 0.2) is 53.3 Å². The smallest absolute Gasteiger partial charge is 0.274 e. The highest BCUT2D eigenvalue weighted by atomic mass is 35.5. The van der Waals surface area contributed by atoms with Crippen LogP contribution in [0.3, 0.4) is 0 Å². The maximum atomic E-state index is 13.1. The number of fused-ring (bicyclic) bond motifs is 1. The molecule has 0 fully saturated rings. The first kappa shape index (κ1) is 19.1. The highest BCUT2D eigenvalue weighted by Crippen LogP contribution is 2.17. The van der Waals surface area contributed by atoms with E-state index in [9.17, 15) is 9.59 Å². The standard InChI is InChI=1S/C21H22ClN3O2/c1-14(2)12-25-20(26)18-10-5-4-9-17(18)19(23-25)21(27)24(3)13-15-7-6-8-16(22)11-15/h4-11,14H,12-13H2,1-3H3. The van der Waals surface area contributed by atoms with Crippen molar-refractivity contribution in [2.75, 3.05) is 7.05 Å². The maximum absolute atomic E-state index is 13.1. The Morgan fingerprint density at radius 2 is 1.85 bits per heavy atom. The van der Waals surface area contributed by atoms with Crippen LogP contribution in [0.5, 0.6) is 0 Å². The van der Waals surface area contributed by atoms with Crippen LogP contribution in [-0.4, -0.2) is 27.6 Å². The minimum atomic E-state index is -0.233. The minimum absolute atomic E-state index is 0.173. The number of nitrogens with zero attached hydrogens (tertiary/aromatic N) is 3. The van der Waals surface area contributed by atoms with Crippen molar-refractivity contribution in [2.45, 2.75) is 26.9 Å². The van der Waals surface area contributed by atoms with Crippen LogP contribution in [0.25, 0.3) is 10.8 Å². The number of rotatable bonds is 5. The second-order valence-electron chi connectivity index (χ2n) is 7.07. The predicted octanol–water partition coefficient (Wildman–Crippen LogP) is 3.98. The fourth-order valence-electron chi connectivity index (χ4n) is 3.02. The van der Waals surface area contributed by atoms with E-state index >= 15 is 0 Å². The third kappa shape index (κ3) is 4.19. The lowest BCUT2D eigenvalue weighted by atomic mass is 10.1. The Labute approximate surface area is 163 Å². The van der Waals surface area contributed by atoms with E-state index in [0.29, 0.717) is 28.9 Å². The predicted molar refractivity (Wildman–Crippen MR) is 108 cm³/mol. The summed E-state index contributed by atoms with van der Waals surface area (Å²) >= 11 is 6.04. The first-order valence-corrected chi connectivity index (χ1v) is 9.24. The van der Waals surface area contributed by atoms with Gasteiger partial charge < -0.3 is 4.90 Å². The number of amides is 1. The molecule has 0 spiro atoms. The molecule has 0 aliphatic rings. The van der Waals surface area contributed by atoms with Crippen LogP contribution in [0.2, 0.25) is 5.02 Å². The molecule has 0 saturated heterocycles. The van der Waals surface area contributed by atoms with Crippen LogP contribution in [0.4, 0.5) is 0 Å². The summed E-state index contributed by atoms with van der Waals surface area (Å²) in [5, 5.41) is 6.12. The van der Waals surface area contributed by atoms with E-state index in [4.69, 9.17) is 11.6 Å². The van der Waals surface area contributed by atoms with Gasteiger partial charge in [-0.25, -0.2) is 4.68 Å². The topological polar surface area (TPSA) is 55.2 Å². The summed E-state index contributed by atoms with van der Waals surface area (Å²) in [7, 11) is 1.72. The van der Waals surface area contributed by atoms with Gasteiger partial charge in [-0.3, -0.25) is 9.59 Å². The van der Waals surface area contributed by atoms with E-state index in [1.807, 2.05) is 38.1 Å². The molecule has 6 heteroatoms. The van der Waals surface area contributed by atoms with Crippen molar-refractivity contribution < 1.29 is 4.79 Å². The third-order valence-electron chi connectivity index (χ3n) is 4.26. The lowest BCUT2D eigenvalue weighted by molar-refractivity contribution is 0.0778. The Morgan fingerprint density at radius 3 is 2.52 bits per heavy atom. The monoisotopic (exact) mass is 383 g/mol. The minimum Gasteiger partial charge on any atom is -0.336 e. The van der Waals surface area contributed by atoms with Gasteiger partial charge in [-0.15, -0.1) is 0 Å². The van der Waals surface area contributed by atoms with E-state index in [2.05, 4.69) is 5.10 Å². The van der Waals surface area contributed by atoms with Crippen LogP contribution in [-0.2, 0) is 13.1 Å². The largest absolute Gasteiger partial charge is 0.336 e. The van der Waals surface area contributed by atoms with Gasteiger partial charge in [0, 0.05) is 30.5 Å². The summed E-state index contributed by atoms with van der Waals surface area (Å²) in [6, 6.07) is 14.5. The second kappa shape index (κ2) is 7.92. The van der Waals surface area contributed by atoms with Crippen molar-refractivity contribution in [3.63, 3.8) is 0 Å². The van der Waals surface area contributed by atoms with Gasteiger partial charge in [0.2, 0.25) is 0 Å². The average Bonchev–Trinajstić information content (AvgIpc) is 2.63. The summed E-state index contributed by atoms with van der Waals surface area (Å²) in [6.45, 7) is 4.88. The van der Waals surface area contributed by atoms with Crippen LogP contribution >= 0.6 is 11.6 Å². The molecule has 3 rings (SSSR count). The summed E-state index contributed by atoms with van der Waals surface area (Å²) in [5.41, 5.74) is 1.04. The number of aromatic nitrogens is 2. The van der Waals surface area contributed by atoms with Crippen LogP contribution < -0.4 is 5.56 Å². The van der Waals surface area contributed by atoms with Gasteiger partial charge in [-0.2, -0.15) is 5.10 Å². The molecule has 0 unspecified atom stereocenters. The molecule has 27 heavy (non-hydrogen) atoms. The molecule has 0 atom stereocenters. The van der Waals surface area contributed by atoms with E-state index in [-0.39, 0.29) is 23.1 Å². The molecule has 140 valence electrons. The van der Waals surface area contributed by atoms with Crippen LogP contribution in [0, 0.1) is 5.92 Å². The van der Waals surface area contributed by atoms with Gasteiger partial charge >= 0.3 is 0 Å². The quantitative estimate of drug-likeness (QED) is 0.669. The van der Waals surface area contributed by atoms with Crippen molar-refractivity contribution in [3.05, 3.63) is 75.2 Å². The maximum Gasteiger partial charge on any atom is 0.274 e. The van der Waals surface area contributed by atoms with Crippen molar-refractivity contribution in [2.24, 2.45) is 5.92 Å². The van der Waals surface area contributed by atoms with Crippen molar-refractivity contribution in [3.8, 4) is 0 Å². The Hall–Kier alpha value is -2.66. The molecule has 1 heterocycles. The molecule has 0 aliphatic carbocycles. The zero-order valence-corrected chi connectivity index (χ0v) is 16.4. The first-order chi connectivity index (χ1) is 12.9. The van der Waals surface area contributed by atoms with Crippen molar-refractivity contribution in [1.82, 2.24) is 14.7 Å².